The summed E-state index contributed by atoms with van der Waals surface area (Å²) in [6, 6.07) is 7.70. The van der Waals surface area contributed by atoms with Crippen molar-refractivity contribution in [1.29, 1.82) is 0 Å². The topological polar surface area (TPSA) is 26.3 Å². The molecule has 0 amide bonds. The second-order valence-corrected chi connectivity index (χ2v) is 6.46. The fourth-order valence-electron chi connectivity index (χ4n) is 2.56. The smallest absolute Gasteiger partial charge is 0.188 e. The van der Waals surface area contributed by atoms with Crippen molar-refractivity contribution in [3.63, 3.8) is 0 Å². The van der Waals surface area contributed by atoms with E-state index in [1.165, 1.54) is 18.4 Å². The average Bonchev–Trinajstić information content (AvgIpc) is 2.38. The lowest BCUT2D eigenvalue weighted by molar-refractivity contribution is 0.00862. The van der Waals surface area contributed by atoms with Gasteiger partial charge in [0.1, 0.15) is 6.61 Å². The van der Waals surface area contributed by atoms with Gasteiger partial charge in [-0.15, -0.1) is 0 Å². The van der Waals surface area contributed by atoms with Crippen molar-refractivity contribution in [2.45, 2.75) is 52.6 Å². The monoisotopic (exact) mass is 260 g/mol. The highest BCUT2D eigenvalue weighted by molar-refractivity contribution is 5.97. The Morgan fingerprint density at radius 2 is 1.79 bits per heavy atom. The number of ketones is 1. The molecule has 2 heteroatoms. The number of aryl methyl sites for hydroxylation is 1. The normalized spacial score (nSPS) is 19.3. The number of Topliss-reactive ketones (excluding diaryl/α,β-unsaturated/α-hetero) is 1. The van der Waals surface area contributed by atoms with Gasteiger partial charge in [0.05, 0.1) is 6.10 Å². The van der Waals surface area contributed by atoms with Crippen LogP contribution in [0.4, 0.5) is 0 Å². The highest BCUT2D eigenvalue weighted by atomic mass is 16.5. The lowest BCUT2D eigenvalue weighted by atomic mass is 9.76. The number of benzene rings is 1. The summed E-state index contributed by atoms with van der Waals surface area (Å²) in [7, 11) is 0. The van der Waals surface area contributed by atoms with Crippen LogP contribution in [0.5, 0.6) is 0 Å². The van der Waals surface area contributed by atoms with E-state index >= 15 is 0 Å². The van der Waals surface area contributed by atoms with Gasteiger partial charge in [-0.1, -0.05) is 43.7 Å². The van der Waals surface area contributed by atoms with E-state index < -0.39 is 0 Å². The van der Waals surface area contributed by atoms with Crippen LogP contribution in [0.1, 0.15) is 55.5 Å². The Bertz CT molecular complexity index is 421. The molecule has 1 aromatic rings. The van der Waals surface area contributed by atoms with Crippen molar-refractivity contribution in [1.82, 2.24) is 0 Å². The first-order chi connectivity index (χ1) is 8.96. The molecule has 1 fully saturated rings. The van der Waals surface area contributed by atoms with Crippen molar-refractivity contribution in [2.24, 2.45) is 5.41 Å². The van der Waals surface area contributed by atoms with Crippen LogP contribution in [-0.2, 0) is 4.74 Å². The molecule has 0 atom stereocenters. The van der Waals surface area contributed by atoms with Crippen LogP contribution < -0.4 is 0 Å². The number of hydrogen-bond donors (Lipinski definition) is 0. The zero-order valence-corrected chi connectivity index (χ0v) is 12.2. The van der Waals surface area contributed by atoms with E-state index in [2.05, 4.69) is 13.8 Å². The van der Waals surface area contributed by atoms with Crippen LogP contribution in [-0.4, -0.2) is 18.5 Å². The maximum absolute atomic E-state index is 12.0. The van der Waals surface area contributed by atoms with E-state index in [1.54, 1.807) is 0 Å². The van der Waals surface area contributed by atoms with E-state index in [0.717, 1.165) is 18.4 Å². The highest BCUT2D eigenvalue weighted by Crippen LogP contribution is 2.36. The maximum Gasteiger partial charge on any atom is 0.188 e. The third-order valence-corrected chi connectivity index (χ3v) is 4.11. The van der Waals surface area contributed by atoms with E-state index in [1.807, 2.05) is 31.2 Å². The number of rotatable bonds is 4. The lowest BCUT2D eigenvalue weighted by Crippen LogP contribution is -2.28. The van der Waals surface area contributed by atoms with Crippen molar-refractivity contribution in [3.8, 4) is 0 Å². The Morgan fingerprint density at radius 1 is 1.21 bits per heavy atom. The Kier molecular flexibility index (Phi) is 4.41. The molecule has 0 bridgehead atoms. The van der Waals surface area contributed by atoms with Crippen molar-refractivity contribution >= 4 is 5.78 Å². The zero-order valence-electron chi connectivity index (χ0n) is 12.2. The first kappa shape index (κ1) is 14.3. The largest absolute Gasteiger partial charge is 0.370 e. The molecule has 0 unspecified atom stereocenters. The van der Waals surface area contributed by atoms with E-state index in [-0.39, 0.29) is 18.5 Å². The molecule has 1 saturated carbocycles. The van der Waals surface area contributed by atoms with Gasteiger partial charge in [0.25, 0.3) is 0 Å². The molecule has 0 aromatic heterocycles. The summed E-state index contributed by atoms with van der Waals surface area (Å²) in [4.78, 5) is 12.0. The van der Waals surface area contributed by atoms with Crippen LogP contribution >= 0.6 is 0 Å². The molecule has 0 saturated heterocycles. The summed E-state index contributed by atoms with van der Waals surface area (Å²) >= 11 is 0. The summed E-state index contributed by atoms with van der Waals surface area (Å²) in [6.07, 6.45) is 4.80. The quantitative estimate of drug-likeness (QED) is 0.760. The maximum atomic E-state index is 12.0. The van der Waals surface area contributed by atoms with Gasteiger partial charge in [0.2, 0.25) is 0 Å². The van der Waals surface area contributed by atoms with E-state index in [9.17, 15) is 4.79 Å². The molecule has 0 N–H and O–H groups in total. The van der Waals surface area contributed by atoms with Crippen LogP contribution in [0.25, 0.3) is 0 Å². The molecule has 2 nitrogen and oxygen atoms in total. The SMILES string of the molecule is Cc1ccc(C(=O)COC2CCC(C)(C)CC2)cc1. The van der Waals surface area contributed by atoms with Gasteiger partial charge in [-0.25, -0.2) is 0 Å². The van der Waals surface area contributed by atoms with Gasteiger partial charge < -0.3 is 4.74 Å². The predicted octanol–water partition coefficient (Wildman–Crippen LogP) is 4.16. The van der Waals surface area contributed by atoms with E-state index in [0.29, 0.717) is 5.41 Å². The number of carbonyl (C=O) groups is 1. The molecule has 19 heavy (non-hydrogen) atoms. The fourth-order valence-corrected chi connectivity index (χ4v) is 2.56. The van der Waals surface area contributed by atoms with Gasteiger partial charge in [-0.2, -0.15) is 0 Å². The zero-order chi connectivity index (χ0) is 13.9. The molecule has 0 heterocycles. The standard InChI is InChI=1S/C17H24O2/c1-13-4-6-14(7-5-13)16(18)12-19-15-8-10-17(2,3)11-9-15/h4-7,15H,8-12H2,1-3H3. The van der Waals surface area contributed by atoms with Gasteiger partial charge in [-0.05, 0) is 38.0 Å². The van der Waals surface area contributed by atoms with Gasteiger partial charge in [0.15, 0.2) is 5.78 Å². The third-order valence-electron chi connectivity index (χ3n) is 4.11. The molecule has 1 aromatic carbocycles. The van der Waals surface area contributed by atoms with Gasteiger partial charge in [0, 0.05) is 5.56 Å². The Hall–Kier alpha value is -1.15. The first-order valence-electron chi connectivity index (χ1n) is 7.18. The minimum absolute atomic E-state index is 0.0878. The first-order valence-corrected chi connectivity index (χ1v) is 7.18. The summed E-state index contributed by atoms with van der Waals surface area (Å²) in [5, 5.41) is 0. The Labute approximate surface area is 116 Å². The summed E-state index contributed by atoms with van der Waals surface area (Å²) in [6.45, 7) is 6.85. The van der Waals surface area contributed by atoms with Crippen LogP contribution in [0.3, 0.4) is 0 Å². The summed E-state index contributed by atoms with van der Waals surface area (Å²) < 4.78 is 5.77. The molecule has 1 aliphatic carbocycles. The average molecular weight is 260 g/mol. The second-order valence-electron chi connectivity index (χ2n) is 6.46. The molecular weight excluding hydrogens is 236 g/mol. The van der Waals surface area contributed by atoms with Crippen molar-refractivity contribution in [3.05, 3.63) is 35.4 Å². The molecular formula is C17H24O2. The van der Waals surface area contributed by atoms with Crippen LogP contribution in [0.2, 0.25) is 0 Å². The van der Waals surface area contributed by atoms with Gasteiger partial charge in [-0.3, -0.25) is 4.79 Å². The Balaban J connectivity index is 1.80. The van der Waals surface area contributed by atoms with Crippen LogP contribution in [0.15, 0.2) is 24.3 Å². The minimum atomic E-state index is 0.0878. The second kappa shape index (κ2) is 5.87. The highest BCUT2D eigenvalue weighted by Gasteiger charge is 2.27. The number of ether oxygens (including phenoxy) is 1. The molecule has 0 spiro atoms. The minimum Gasteiger partial charge on any atom is -0.370 e. The van der Waals surface area contributed by atoms with Gasteiger partial charge >= 0.3 is 0 Å². The molecule has 1 aliphatic rings. The molecule has 0 radical (unpaired) electrons. The predicted molar refractivity (Wildman–Crippen MR) is 77.5 cm³/mol. The van der Waals surface area contributed by atoms with E-state index in [4.69, 9.17) is 4.74 Å². The lowest BCUT2D eigenvalue weighted by Gasteiger charge is -2.34. The Morgan fingerprint density at radius 3 is 2.37 bits per heavy atom. The third kappa shape index (κ3) is 4.17. The fraction of sp³-hybridized carbons (Fsp3) is 0.588. The molecule has 104 valence electrons. The molecule has 0 aliphatic heterocycles. The summed E-state index contributed by atoms with van der Waals surface area (Å²) in [5.74, 6) is 0.0878. The number of carbonyl (C=O) groups excluding carboxylic acids is 1. The van der Waals surface area contributed by atoms with Crippen molar-refractivity contribution < 1.29 is 9.53 Å². The molecule has 2 rings (SSSR count). The van der Waals surface area contributed by atoms with Crippen molar-refractivity contribution in [2.75, 3.05) is 6.61 Å². The number of hydrogen-bond acceptors (Lipinski definition) is 2. The van der Waals surface area contributed by atoms with Crippen LogP contribution in [0, 0.1) is 12.3 Å². The summed E-state index contributed by atoms with van der Waals surface area (Å²) in [5.41, 5.74) is 2.37.